The molecule has 4 rings (SSSR count). The average molecular weight is 395 g/mol. The average Bonchev–Trinajstić information content (AvgIpc) is 3.32. The third-order valence-electron chi connectivity index (χ3n) is 5.53. The molecule has 0 unspecified atom stereocenters. The van der Waals surface area contributed by atoms with E-state index >= 15 is 0 Å². The van der Waals surface area contributed by atoms with Gasteiger partial charge in [-0.3, -0.25) is 14.5 Å². The minimum Gasteiger partial charge on any atom is -0.336 e. The van der Waals surface area contributed by atoms with Crippen LogP contribution in [0.1, 0.15) is 49.5 Å². The molecule has 5 heteroatoms. The smallest absolute Gasteiger partial charge is 0.278 e. The standard InChI is InChI=1S/C23H26N2O2S/c1-2-3-4-7-14-25-22(26)20(19-13-9-16-28-19)21(23(25)27)24-15-8-11-17-10-5-6-12-18(17)24/h5-6,9-10,12-13,16H,2-4,7-8,11,14-15H2,1H3. The molecule has 0 saturated heterocycles. The van der Waals surface area contributed by atoms with Gasteiger partial charge in [-0.25, -0.2) is 0 Å². The van der Waals surface area contributed by atoms with Gasteiger partial charge in [0, 0.05) is 23.7 Å². The lowest BCUT2D eigenvalue weighted by atomic mass is 10.00. The van der Waals surface area contributed by atoms with E-state index < -0.39 is 0 Å². The quantitative estimate of drug-likeness (QED) is 0.497. The van der Waals surface area contributed by atoms with Crippen LogP contribution in [0.15, 0.2) is 47.5 Å². The van der Waals surface area contributed by atoms with Gasteiger partial charge in [0.1, 0.15) is 5.70 Å². The van der Waals surface area contributed by atoms with Crippen LogP contribution in [0.3, 0.4) is 0 Å². The van der Waals surface area contributed by atoms with Crippen molar-refractivity contribution in [2.24, 2.45) is 0 Å². The van der Waals surface area contributed by atoms with Gasteiger partial charge in [0.25, 0.3) is 11.8 Å². The zero-order valence-electron chi connectivity index (χ0n) is 16.3. The number of benzene rings is 1. The highest BCUT2D eigenvalue weighted by Gasteiger charge is 2.42. The number of thiophene rings is 1. The summed E-state index contributed by atoms with van der Waals surface area (Å²) < 4.78 is 0. The SMILES string of the molecule is CCCCCCN1C(=O)C(c2cccs2)=C(N2CCCc3ccccc32)C1=O. The fourth-order valence-corrected chi connectivity index (χ4v) is 4.88. The number of aryl methyl sites for hydroxylation is 1. The van der Waals surface area contributed by atoms with Crippen molar-refractivity contribution < 1.29 is 9.59 Å². The summed E-state index contributed by atoms with van der Waals surface area (Å²) in [5.41, 5.74) is 3.45. The molecule has 1 aromatic heterocycles. The highest BCUT2D eigenvalue weighted by Crippen LogP contribution is 2.39. The van der Waals surface area contributed by atoms with Crippen LogP contribution in [0.25, 0.3) is 5.57 Å². The van der Waals surface area contributed by atoms with Gasteiger partial charge in [0.05, 0.1) is 5.57 Å². The fraction of sp³-hybridized carbons (Fsp3) is 0.391. The number of carbonyl (C=O) groups is 2. The summed E-state index contributed by atoms with van der Waals surface area (Å²) >= 11 is 1.52. The van der Waals surface area contributed by atoms with Crippen LogP contribution in [-0.2, 0) is 16.0 Å². The van der Waals surface area contributed by atoms with Gasteiger partial charge in [-0.15, -0.1) is 11.3 Å². The molecular formula is C23H26N2O2S. The Morgan fingerprint density at radius 2 is 1.86 bits per heavy atom. The van der Waals surface area contributed by atoms with E-state index in [2.05, 4.69) is 24.0 Å². The van der Waals surface area contributed by atoms with E-state index in [4.69, 9.17) is 0 Å². The number of fused-ring (bicyclic) bond motifs is 1. The number of hydrogen-bond donors (Lipinski definition) is 0. The van der Waals surface area contributed by atoms with Gasteiger partial charge >= 0.3 is 0 Å². The van der Waals surface area contributed by atoms with E-state index in [1.165, 1.54) is 21.8 Å². The Hall–Kier alpha value is -2.40. The van der Waals surface area contributed by atoms with E-state index in [1.807, 2.05) is 29.6 Å². The van der Waals surface area contributed by atoms with Crippen molar-refractivity contribution in [1.29, 1.82) is 0 Å². The first kappa shape index (κ1) is 18.9. The molecule has 2 aliphatic rings. The molecule has 2 aromatic rings. The first-order valence-corrected chi connectivity index (χ1v) is 11.1. The molecule has 146 valence electrons. The molecule has 0 fully saturated rings. The predicted molar refractivity (Wildman–Crippen MR) is 114 cm³/mol. The molecule has 0 aliphatic carbocycles. The lowest BCUT2D eigenvalue weighted by molar-refractivity contribution is -0.137. The van der Waals surface area contributed by atoms with Crippen molar-refractivity contribution in [2.75, 3.05) is 18.0 Å². The molecule has 4 nitrogen and oxygen atoms in total. The Morgan fingerprint density at radius 3 is 2.64 bits per heavy atom. The first-order chi connectivity index (χ1) is 13.7. The molecule has 0 radical (unpaired) electrons. The summed E-state index contributed by atoms with van der Waals surface area (Å²) in [5, 5.41) is 1.96. The third kappa shape index (κ3) is 3.39. The van der Waals surface area contributed by atoms with Gasteiger partial charge in [0.2, 0.25) is 0 Å². The first-order valence-electron chi connectivity index (χ1n) is 10.2. The van der Waals surface area contributed by atoms with Crippen LogP contribution in [0.5, 0.6) is 0 Å². The number of para-hydroxylation sites is 1. The number of imide groups is 1. The van der Waals surface area contributed by atoms with Crippen molar-refractivity contribution in [3.05, 3.63) is 57.9 Å². The highest BCUT2D eigenvalue weighted by molar-refractivity contribution is 7.11. The number of anilines is 1. The number of unbranched alkanes of at least 4 members (excludes halogenated alkanes) is 3. The van der Waals surface area contributed by atoms with Gasteiger partial charge in [-0.05, 0) is 42.3 Å². The van der Waals surface area contributed by atoms with Gasteiger partial charge in [0.15, 0.2) is 0 Å². The number of rotatable bonds is 7. The Kier molecular flexibility index (Phi) is 5.62. The lowest BCUT2D eigenvalue weighted by Gasteiger charge is -2.32. The van der Waals surface area contributed by atoms with E-state index in [0.29, 0.717) is 17.8 Å². The van der Waals surface area contributed by atoms with Crippen LogP contribution in [0.4, 0.5) is 5.69 Å². The van der Waals surface area contributed by atoms with Crippen molar-refractivity contribution in [3.8, 4) is 0 Å². The Bertz CT molecular complexity index is 901. The van der Waals surface area contributed by atoms with Crippen molar-refractivity contribution in [2.45, 2.75) is 45.4 Å². The maximum Gasteiger partial charge on any atom is 0.278 e. The predicted octanol–water partition coefficient (Wildman–Crippen LogP) is 4.86. The Morgan fingerprint density at radius 1 is 1.00 bits per heavy atom. The number of amides is 2. The second-order valence-electron chi connectivity index (χ2n) is 7.41. The molecule has 2 amide bonds. The Labute approximate surface area is 170 Å². The maximum absolute atomic E-state index is 13.4. The van der Waals surface area contributed by atoms with Crippen LogP contribution < -0.4 is 4.90 Å². The molecule has 0 saturated carbocycles. The zero-order chi connectivity index (χ0) is 19.5. The lowest BCUT2D eigenvalue weighted by Crippen LogP contribution is -2.37. The topological polar surface area (TPSA) is 40.6 Å². The maximum atomic E-state index is 13.4. The molecule has 0 bridgehead atoms. The minimum absolute atomic E-state index is 0.137. The number of hydrogen-bond acceptors (Lipinski definition) is 4. The van der Waals surface area contributed by atoms with Gasteiger partial charge < -0.3 is 4.90 Å². The molecule has 1 aromatic carbocycles. The summed E-state index contributed by atoms with van der Waals surface area (Å²) in [5.74, 6) is -0.274. The normalized spacial score (nSPS) is 16.9. The largest absolute Gasteiger partial charge is 0.336 e. The molecule has 0 N–H and O–H groups in total. The second kappa shape index (κ2) is 8.31. The van der Waals surface area contributed by atoms with E-state index in [9.17, 15) is 9.59 Å². The van der Waals surface area contributed by atoms with Crippen molar-refractivity contribution in [1.82, 2.24) is 4.90 Å². The summed E-state index contributed by atoms with van der Waals surface area (Å²) in [6, 6.07) is 12.1. The number of nitrogens with zero attached hydrogens (tertiary/aromatic N) is 2. The molecule has 0 atom stereocenters. The molecule has 2 aliphatic heterocycles. The molecule has 0 spiro atoms. The van der Waals surface area contributed by atoms with Crippen LogP contribution >= 0.6 is 11.3 Å². The summed E-state index contributed by atoms with van der Waals surface area (Å²) in [6.45, 7) is 3.43. The Balaban J connectivity index is 1.72. The highest BCUT2D eigenvalue weighted by atomic mass is 32.1. The van der Waals surface area contributed by atoms with Crippen LogP contribution in [-0.4, -0.2) is 29.8 Å². The summed E-state index contributed by atoms with van der Waals surface area (Å²) in [7, 11) is 0. The van der Waals surface area contributed by atoms with E-state index in [1.54, 1.807) is 0 Å². The van der Waals surface area contributed by atoms with Crippen molar-refractivity contribution in [3.63, 3.8) is 0 Å². The van der Waals surface area contributed by atoms with Gasteiger partial charge in [-0.1, -0.05) is 50.5 Å². The van der Waals surface area contributed by atoms with Crippen LogP contribution in [0, 0.1) is 0 Å². The van der Waals surface area contributed by atoms with E-state index in [-0.39, 0.29) is 11.8 Å². The van der Waals surface area contributed by atoms with Gasteiger partial charge in [-0.2, -0.15) is 0 Å². The monoisotopic (exact) mass is 394 g/mol. The van der Waals surface area contributed by atoms with Crippen LogP contribution in [0.2, 0.25) is 0 Å². The molecule has 3 heterocycles. The zero-order valence-corrected chi connectivity index (χ0v) is 17.1. The molecule has 28 heavy (non-hydrogen) atoms. The molecular weight excluding hydrogens is 368 g/mol. The second-order valence-corrected chi connectivity index (χ2v) is 8.36. The third-order valence-corrected chi connectivity index (χ3v) is 6.41. The number of carbonyl (C=O) groups excluding carboxylic acids is 2. The van der Waals surface area contributed by atoms with Crippen molar-refractivity contribution >= 4 is 34.4 Å². The fourth-order valence-electron chi connectivity index (χ4n) is 4.12. The summed E-state index contributed by atoms with van der Waals surface area (Å²) in [6.07, 6.45) is 6.17. The summed E-state index contributed by atoms with van der Waals surface area (Å²) in [4.78, 5) is 31.1. The minimum atomic E-state index is -0.137. The van der Waals surface area contributed by atoms with E-state index in [0.717, 1.165) is 55.6 Å².